The third-order valence-corrected chi connectivity index (χ3v) is 8.09. The molecule has 212 valence electrons. The number of imide groups is 1. The number of ether oxygens (including phenoxy) is 1. The molecule has 3 fully saturated rings. The number of hydrogen-bond acceptors (Lipinski definition) is 7. The molecule has 0 aliphatic carbocycles. The average Bonchev–Trinajstić information content (AvgIpc) is 3.18. The van der Waals surface area contributed by atoms with Crippen LogP contribution in [0.2, 0.25) is 0 Å². The molecule has 11 heteroatoms. The second-order valence-corrected chi connectivity index (χ2v) is 12.1. The number of anilines is 1. The maximum absolute atomic E-state index is 15.2. The van der Waals surface area contributed by atoms with Crippen LogP contribution in [0.3, 0.4) is 0 Å². The van der Waals surface area contributed by atoms with Crippen molar-refractivity contribution in [3.05, 3.63) is 29.1 Å². The van der Waals surface area contributed by atoms with Gasteiger partial charge in [0.15, 0.2) is 0 Å². The standard InChI is InChI=1S/C28H38FN5O5/c1-28(2,3)39-27(38)33-12-10-31(11-13-33)16-18-6-8-32(9-7-18)23-14-19-17-34(26(37)20(19)15-21(23)29)22-4-5-24(35)30-25(22)36/h14-15,18,22H,4-13,16-17H2,1-3H3,(H,30,35,36). The smallest absolute Gasteiger partial charge is 0.410 e. The normalized spacial score (nSPS) is 23.2. The molecule has 0 radical (unpaired) electrons. The minimum Gasteiger partial charge on any atom is -0.444 e. The fourth-order valence-electron chi connectivity index (χ4n) is 5.98. The number of carbonyl (C=O) groups is 4. The van der Waals surface area contributed by atoms with E-state index in [-0.39, 0.29) is 37.3 Å². The first-order valence-electron chi connectivity index (χ1n) is 13.9. The molecule has 1 atom stereocenters. The highest BCUT2D eigenvalue weighted by Crippen LogP contribution is 2.34. The molecule has 39 heavy (non-hydrogen) atoms. The Morgan fingerprint density at radius 3 is 2.36 bits per heavy atom. The lowest BCUT2D eigenvalue weighted by Gasteiger charge is -2.39. The van der Waals surface area contributed by atoms with Crippen LogP contribution >= 0.6 is 0 Å². The number of hydrogen-bond donors (Lipinski definition) is 1. The molecule has 5 rings (SSSR count). The van der Waals surface area contributed by atoms with Crippen LogP contribution in [-0.2, 0) is 20.9 Å². The zero-order chi connectivity index (χ0) is 27.9. The van der Waals surface area contributed by atoms with Gasteiger partial charge < -0.3 is 19.4 Å². The van der Waals surface area contributed by atoms with E-state index in [1.807, 2.05) is 25.7 Å². The van der Waals surface area contributed by atoms with Gasteiger partial charge in [-0.2, -0.15) is 0 Å². The Labute approximate surface area is 228 Å². The minimum absolute atomic E-state index is 0.185. The Kier molecular flexibility index (Phi) is 7.54. The first-order valence-corrected chi connectivity index (χ1v) is 13.9. The number of nitrogens with zero attached hydrogens (tertiary/aromatic N) is 4. The van der Waals surface area contributed by atoms with Crippen LogP contribution in [0.4, 0.5) is 14.9 Å². The number of piperazine rings is 1. The molecular formula is C28H38FN5O5. The maximum Gasteiger partial charge on any atom is 0.410 e. The SMILES string of the molecule is CC(C)(C)OC(=O)N1CCN(CC2CCN(c3cc4c(cc3F)C(=O)N(C3CCC(=O)NC3=O)C4)CC2)CC1. The first-order chi connectivity index (χ1) is 18.5. The largest absolute Gasteiger partial charge is 0.444 e. The molecule has 0 bridgehead atoms. The van der Waals surface area contributed by atoms with Crippen molar-refractivity contribution in [3.8, 4) is 0 Å². The molecule has 4 aliphatic heterocycles. The molecule has 1 unspecified atom stereocenters. The van der Waals surface area contributed by atoms with Crippen molar-refractivity contribution < 1.29 is 28.3 Å². The highest BCUT2D eigenvalue weighted by atomic mass is 19.1. The number of halogens is 1. The molecule has 4 heterocycles. The van der Waals surface area contributed by atoms with Crippen molar-refractivity contribution in [1.82, 2.24) is 20.0 Å². The van der Waals surface area contributed by atoms with Gasteiger partial charge in [0.05, 0.1) is 5.69 Å². The van der Waals surface area contributed by atoms with E-state index in [2.05, 4.69) is 10.2 Å². The van der Waals surface area contributed by atoms with Crippen molar-refractivity contribution in [1.29, 1.82) is 0 Å². The van der Waals surface area contributed by atoms with Crippen molar-refractivity contribution in [2.24, 2.45) is 5.92 Å². The molecule has 0 spiro atoms. The van der Waals surface area contributed by atoms with Crippen LogP contribution in [0, 0.1) is 11.7 Å². The number of amides is 4. The molecular weight excluding hydrogens is 505 g/mol. The summed E-state index contributed by atoms with van der Waals surface area (Å²) in [7, 11) is 0. The lowest BCUT2D eigenvalue weighted by Crippen LogP contribution is -2.52. The van der Waals surface area contributed by atoms with E-state index < -0.39 is 23.4 Å². The summed E-state index contributed by atoms with van der Waals surface area (Å²) in [5.74, 6) is -1.10. The summed E-state index contributed by atoms with van der Waals surface area (Å²) >= 11 is 0. The molecule has 1 aromatic carbocycles. The van der Waals surface area contributed by atoms with Gasteiger partial charge in [-0.1, -0.05) is 0 Å². The van der Waals surface area contributed by atoms with Gasteiger partial charge in [0.25, 0.3) is 5.91 Å². The van der Waals surface area contributed by atoms with Crippen LogP contribution in [0.15, 0.2) is 12.1 Å². The number of nitrogens with one attached hydrogen (secondary N) is 1. The lowest BCUT2D eigenvalue weighted by molar-refractivity contribution is -0.136. The zero-order valence-electron chi connectivity index (χ0n) is 23.0. The molecule has 3 saturated heterocycles. The molecule has 0 saturated carbocycles. The van der Waals surface area contributed by atoms with E-state index in [4.69, 9.17) is 4.74 Å². The fourth-order valence-corrected chi connectivity index (χ4v) is 5.98. The quantitative estimate of drug-likeness (QED) is 0.582. The van der Waals surface area contributed by atoms with Gasteiger partial charge in [0, 0.05) is 64.3 Å². The van der Waals surface area contributed by atoms with Crippen LogP contribution in [0.25, 0.3) is 0 Å². The van der Waals surface area contributed by atoms with Crippen LogP contribution in [-0.4, -0.2) is 96.0 Å². The Balaban J connectivity index is 1.13. The summed E-state index contributed by atoms with van der Waals surface area (Å²) in [6.45, 7) is 11.2. The summed E-state index contributed by atoms with van der Waals surface area (Å²) in [4.78, 5) is 56.7. The van der Waals surface area contributed by atoms with Gasteiger partial charge in [-0.05, 0) is 63.6 Å². The number of piperidine rings is 2. The average molecular weight is 544 g/mol. The predicted octanol–water partition coefficient (Wildman–Crippen LogP) is 2.36. The fraction of sp³-hybridized carbons (Fsp3) is 0.643. The highest BCUT2D eigenvalue weighted by Gasteiger charge is 2.40. The van der Waals surface area contributed by atoms with Crippen molar-refractivity contribution in [2.45, 2.75) is 64.6 Å². The van der Waals surface area contributed by atoms with E-state index in [0.29, 0.717) is 35.8 Å². The molecule has 1 aromatic rings. The summed E-state index contributed by atoms with van der Waals surface area (Å²) in [6, 6.07) is 2.34. The molecule has 1 N–H and O–H groups in total. The minimum atomic E-state index is -0.712. The van der Waals surface area contributed by atoms with Crippen LogP contribution in [0.5, 0.6) is 0 Å². The third-order valence-electron chi connectivity index (χ3n) is 8.09. The Bertz CT molecular complexity index is 1150. The molecule has 4 amide bonds. The zero-order valence-corrected chi connectivity index (χ0v) is 23.0. The molecule has 4 aliphatic rings. The first kappa shape index (κ1) is 27.4. The Hall–Kier alpha value is -3.21. The van der Waals surface area contributed by atoms with Gasteiger partial charge in [-0.3, -0.25) is 24.6 Å². The Morgan fingerprint density at radius 1 is 1.03 bits per heavy atom. The summed E-state index contributed by atoms with van der Waals surface area (Å²) in [5, 5.41) is 2.30. The van der Waals surface area contributed by atoms with Gasteiger partial charge in [0.2, 0.25) is 11.8 Å². The van der Waals surface area contributed by atoms with E-state index in [0.717, 1.165) is 45.6 Å². The number of benzene rings is 1. The number of fused-ring (bicyclic) bond motifs is 1. The maximum atomic E-state index is 15.2. The van der Waals surface area contributed by atoms with Gasteiger partial charge in [-0.15, -0.1) is 0 Å². The summed E-state index contributed by atoms with van der Waals surface area (Å²) in [6.07, 6.45) is 2.08. The van der Waals surface area contributed by atoms with Gasteiger partial charge >= 0.3 is 6.09 Å². The van der Waals surface area contributed by atoms with E-state index >= 15 is 4.39 Å². The van der Waals surface area contributed by atoms with Gasteiger partial charge in [-0.25, -0.2) is 9.18 Å². The van der Waals surface area contributed by atoms with Gasteiger partial charge in [0.1, 0.15) is 17.5 Å². The third kappa shape index (κ3) is 6.03. The lowest BCUT2D eigenvalue weighted by atomic mass is 9.95. The second-order valence-electron chi connectivity index (χ2n) is 12.1. The Morgan fingerprint density at radius 2 is 1.72 bits per heavy atom. The molecule has 0 aromatic heterocycles. The summed E-state index contributed by atoms with van der Waals surface area (Å²) < 4.78 is 20.7. The number of carbonyl (C=O) groups excluding carboxylic acids is 4. The topological polar surface area (TPSA) is 102 Å². The van der Waals surface area contributed by atoms with Crippen molar-refractivity contribution >= 4 is 29.5 Å². The van der Waals surface area contributed by atoms with E-state index in [1.54, 1.807) is 11.0 Å². The van der Waals surface area contributed by atoms with Crippen LogP contribution in [0.1, 0.15) is 62.4 Å². The second kappa shape index (κ2) is 10.7. The van der Waals surface area contributed by atoms with E-state index in [1.165, 1.54) is 11.0 Å². The van der Waals surface area contributed by atoms with Crippen molar-refractivity contribution in [3.63, 3.8) is 0 Å². The summed E-state index contributed by atoms with van der Waals surface area (Å²) in [5.41, 5.74) is 1.01. The van der Waals surface area contributed by atoms with Crippen LogP contribution < -0.4 is 10.2 Å². The predicted molar refractivity (Wildman–Crippen MR) is 142 cm³/mol. The van der Waals surface area contributed by atoms with E-state index in [9.17, 15) is 19.2 Å². The monoisotopic (exact) mass is 543 g/mol. The number of rotatable bonds is 4. The van der Waals surface area contributed by atoms with Crippen molar-refractivity contribution in [2.75, 3.05) is 50.7 Å². The highest BCUT2D eigenvalue weighted by molar-refractivity contribution is 6.05. The molecule has 10 nitrogen and oxygen atoms in total.